The van der Waals surface area contributed by atoms with Crippen molar-refractivity contribution in [2.45, 2.75) is 56.2 Å². The monoisotopic (exact) mass is 321 g/mol. The molecule has 0 aromatic carbocycles. The van der Waals surface area contributed by atoms with Crippen LogP contribution < -0.4 is 5.32 Å². The number of carbonyl (C=O) groups is 1. The molecule has 2 bridgehead atoms. The first-order valence-electron chi connectivity index (χ1n) is 8.81. The van der Waals surface area contributed by atoms with Crippen molar-refractivity contribution in [1.82, 2.24) is 10.2 Å². The topological polar surface area (TPSA) is 44.7 Å². The summed E-state index contributed by atoms with van der Waals surface area (Å²) in [6.07, 6.45) is 7.60. The Labute approximate surface area is 137 Å². The van der Waals surface area contributed by atoms with Crippen LogP contribution in [0.5, 0.6) is 0 Å². The van der Waals surface area contributed by atoms with Crippen LogP contribution in [0, 0.1) is 17.8 Å². The van der Waals surface area contributed by atoms with E-state index in [2.05, 4.69) is 24.2 Å². The fourth-order valence-corrected chi connectivity index (χ4v) is 6.18. The molecule has 2 aliphatic carbocycles. The van der Waals surface area contributed by atoms with Gasteiger partial charge in [-0.25, -0.2) is 0 Å². The molecule has 4 rings (SSSR count). The first-order chi connectivity index (χ1) is 10.5. The summed E-state index contributed by atoms with van der Waals surface area (Å²) in [5, 5.41) is 4.01. The fourth-order valence-electron chi connectivity index (χ4n) is 4.90. The number of amides is 1. The number of likely N-dealkylation sites (tertiary alicyclic amines) is 1. The molecular formula is C17H27N3OS. The van der Waals surface area contributed by atoms with E-state index in [1.54, 1.807) is 11.8 Å². The summed E-state index contributed by atoms with van der Waals surface area (Å²) in [5.74, 6) is 2.35. The summed E-state index contributed by atoms with van der Waals surface area (Å²) in [4.78, 5) is 19.9. The molecule has 1 unspecified atom stereocenters. The molecule has 1 N–H and O–H groups in total. The number of piperidine rings is 1. The molecule has 5 heteroatoms. The van der Waals surface area contributed by atoms with Crippen LogP contribution in [0.25, 0.3) is 0 Å². The maximum absolute atomic E-state index is 12.6. The maximum atomic E-state index is 12.6. The lowest BCUT2D eigenvalue weighted by atomic mass is 9.84. The molecule has 122 valence electrons. The third-order valence-corrected chi connectivity index (χ3v) is 7.81. The van der Waals surface area contributed by atoms with Crippen molar-refractivity contribution in [2.24, 2.45) is 22.7 Å². The second-order valence-corrected chi connectivity index (χ2v) is 9.36. The number of aliphatic imine (C=N–C) groups is 1. The number of nitrogens with zero attached hydrogens (tertiary/aromatic N) is 2. The lowest BCUT2D eigenvalue weighted by Crippen LogP contribution is -2.45. The fraction of sp³-hybridized carbons (Fsp3) is 0.882. The minimum absolute atomic E-state index is 0.189. The lowest BCUT2D eigenvalue weighted by Gasteiger charge is -2.36. The van der Waals surface area contributed by atoms with Gasteiger partial charge in [-0.05, 0) is 76.9 Å². The SMILES string of the molecule is CN1CCC(C2(C)SC(=N[C@H]3C[C@@H]4CC[C@H]3C4)NC2=O)CC1. The van der Waals surface area contributed by atoms with Crippen LogP contribution in [0.1, 0.15) is 45.4 Å². The molecule has 0 aromatic rings. The van der Waals surface area contributed by atoms with Crippen molar-refractivity contribution in [3.63, 3.8) is 0 Å². The van der Waals surface area contributed by atoms with Crippen molar-refractivity contribution in [2.75, 3.05) is 20.1 Å². The lowest BCUT2D eigenvalue weighted by molar-refractivity contribution is -0.122. The molecule has 1 amide bonds. The molecule has 2 heterocycles. The first kappa shape index (κ1) is 15.0. The Morgan fingerprint density at radius 1 is 1.23 bits per heavy atom. The highest BCUT2D eigenvalue weighted by Crippen LogP contribution is 2.47. The van der Waals surface area contributed by atoms with Crippen molar-refractivity contribution >= 4 is 22.8 Å². The van der Waals surface area contributed by atoms with Gasteiger partial charge < -0.3 is 10.2 Å². The van der Waals surface area contributed by atoms with Gasteiger partial charge in [0.15, 0.2) is 5.17 Å². The molecule has 22 heavy (non-hydrogen) atoms. The van der Waals surface area contributed by atoms with Crippen molar-refractivity contribution in [3.8, 4) is 0 Å². The van der Waals surface area contributed by atoms with Crippen LogP contribution in [0.2, 0.25) is 0 Å². The molecule has 0 aromatic heterocycles. The van der Waals surface area contributed by atoms with Gasteiger partial charge in [0, 0.05) is 0 Å². The highest BCUT2D eigenvalue weighted by atomic mass is 32.2. The number of hydrogen-bond donors (Lipinski definition) is 1. The van der Waals surface area contributed by atoms with Gasteiger partial charge in [-0.3, -0.25) is 9.79 Å². The van der Waals surface area contributed by atoms with E-state index in [1.165, 1.54) is 25.7 Å². The molecule has 2 aliphatic heterocycles. The highest BCUT2D eigenvalue weighted by Gasteiger charge is 2.49. The van der Waals surface area contributed by atoms with Gasteiger partial charge >= 0.3 is 0 Å². The predicted octanol–water partition coefficient (Wildman–Crippen LogP) is 2.49. The maximum Gasteiger partial charge on any atom is 0.242 e. The molecule has 0 radical (unpaired) electrons. The molecule has 4 atom stereocenters. The van der Waals surface area contributed by atoms with Crippen molar-refractivity contribution in [1.29, 1.82) is 0 Å². The minimum atomic E-state index is -0.308. The van der Waals surface area contributed by atoms with Gasteiger partial charge in [0.25, 0.3) is 0 Å². The van der Waals surface area contributed by atoms with E-state index in [4.69, 9.17) is 4.99 Å². The second kappa shape index (κ2) is 5.52. The molecule has 4 nitrogen and oxygen atoms in total. The van der Waals surface area contributed by atoms with E-state index in [0.29, 0.717) is 12.0 Å². The van der Waals surface area contributed by atoms with Crippen LogP contribution in [0.4, 0.5) is 0 Å². The van der Waals surface area contributed by atoms with E-state index < -0.39 is 0 Å². The van der Waals surface area contributed by atoms with E-state index in [-0.39, 0.29) is 10.7 Å². The van der Waals surface area contributed by atoms with E-state index >= 15 is 0 Å². The number of amidine groups is 1. The van der Waals surface area contributed by atoms with E-state index in [0.717, 1.165) is 42.9 Å². The zero-order valence-corrected chi connectivity index (χ0v) is 14.5. The van der Waals surface area contributed by atoms with Gasteiger partial charge in [-0.15, -0.1) is 0 Å². The number of carbonyl (C=O) groups excluding carboxylic acids is 1. The van der Waals surface area contributed by atoms with Crippen LogP contribution in [-0.4, -0.2) is 46.9 Å². The first-order valence-corrected chi connectivity index (χ1v) is 9.63. The standard InChI is InChI=1S/C17H27N3OS/c1-17(13-5-7-20(2)8-6-13)15(21)19-16(22-17)18-14-10-11-3-4-12(14)9-11/h11-14H,3-10H2,1-2H3,(H,18,19,21)/t11-,12+,14+,17?/m1/s1. The second-order valence-electron chi connectivity index (χ2n) is 7.92. The third kappa shape index (κ3) is 2.50. The molecule has 4 aliphatic rings. The summed E-state index contributed by atoms with van der Waals surface area (Å²) in [5.41, 5.74) is 0. The molecule has 2 saturated heterocycles. The normalized spacial score (nSPS) is 44.9. The highest BCUT2D eigenvalue weighted by molar-refractivity contribution is 8.16. The van der Waals surface area contributed by atoms with E-state index in [9.17, 15) is 4.79 Å². The summed E-state index contributed by atoms with van der Waals surface area (Å²) in [6.45, 7) is 4.34. The van der Waals surface area contributed by atoms with Crippen LogP contribution in [-0.2, 0) is 4.79 Å². The van der Waals surface area contributed by atoms with Crippen LogP contribution in [0.15, 0.2) is 4.99 Å². The van der Waals surface area contributed by atoms with Gasteiger partial charge in [-0.1, -0.05) is 18.2 Å². The van der Waals surface area contributed by atoms with Crippen LogP contribution in [0.3, 0.4) is 0 Å². The third-order valence-electron chi connectivity index (χ3n) is 6.46. The number of hydrogen-bond acceptors (Lipinski definition) is 4. The Morgan fingerprint density at radius 3 is 2.64 bits per heavy atom. The number of thioether (sulfide) groups is 1. The molecular weight excluding hydrogens is 294 g/mol. The van der Waals surface area contributed by atoms with Gasteiger partial charge in [-0.2, -0.15) is 0 Å². The Kier molecular flexibility index (Phi) is 3.76. The smallest absolute Gasteiger partial charge is 0.242 e. The number of nitrogens with one attached hydrogen (secondary N) is 1. The molecule has 4 fully saturated rings. The van der Waals surface area contributed by atoms with Gasteiger partial charge in [0.05, 0.1) is 6.04 Å². The summed E-state index contributed by atoms with van der Waals surface area (Å²) in [7, 11) is 2.17. The number of rotatable bonds is 2. The summed E-state index contributed by atoms with van der Waals surface area (Å²) >= 11 is 1.71. The largest absolute Gasteiger partial charge is 0.306 e. The average Bonchev–Trinajstić information content (AvgIpc) is 3.16. The summed E-state index contributed by atoms with van der Waals surface area (Å²) in [6, 6.07) is 0.474. The Bertz CT molecular complexity index is 500. The quantitative estimate of drug-likeness (QED) is 0.850. The molecule has 0 spiro atoms. The van der Waals surface area contributed by atoms with Gasteiger partial charge in [0.1, 0.15) is 4.75 Å². The van der Waals surface area contributed by atoms with E-state index in [1.807, 2.05) is 0 Å². The van der Waals surface area contributed by atoms with Crippen molar-refractivity contribution in [3.05, 3.63) is 0 Å². The van der Waals surface area contributed by atoms with Gasteiger partial charge in [0.2, 0.25) is 5.91 Å². The van der Waals surface area contributed by atoms with Crippen LogP contribution >= 0.6 is 11.8 Å². The zero-order valence-electron chi connectivity index (χ0n) is 13.7. The molecule has 2 saturated carbocycles. The Hall–Kier alpha value is -0.550. The summed E-state index contributed by atoms with van der Waals surface area (Å²) < 4.78 is -0.308. The number of fused-ring (bicyclic) bond motifs is 2. The predicted molar refractivity (Wildman–Crippen MR) is 91.0 cm³/mol. The van der Waals surface area contributed by atoms with Crippen molar-refractivity contribution < 1.29 is 4.79 Å². The minimum Gasteiger partial charge on any atom is -0.306 e. The Balaban J connectivity index is 1.46. The zero-order chi connectivity index (χ0) is 15.3. The average molecular weight is 321 g/mol. The Morgan fingerprint density at radius 2 is 2.00 bits per heavy atom.